The molecule has 1 fully saturated rings. The van der Waals surface area contributed by atoms with Crippen molar-refractivity contribution in [2.45, 2.75) is 32.2 Å². The molecule has 8 nitrogen and oxygen atoms in total. The first-order valence-electron chi connectivity index (χ1n) is 12.8. The van der Waals surface area contributed by atoms with Gasteiger partial charge in [-0.15, -0.1) is 0 Å². The van der Waals surface area contributed by atoms with Crippen LogP contribution in [-0.2, 0) is 14.3 Å². The maximum absolute atomic E-state index is 13.4. The number of anilines is 1. The van der Waals surface area contributed by atoms with E-state index in [2.05, 4.69) is 6.92 Å². The van der Waals surface area contributed by atoms with Gasteiger partial charge in [-0.3, -0.25) is 14.5 Å². The summed E-state index contributed by atoms with van der Waals surface area (Å²) in [5, 5.41) is 11.4. The molecule has 202 valence electrons. The van der Waals surface area contributed by atoms with Gasteiger partial charge < -0.3 is 19.3 Å². The standard InChI is InChI=1S/C31H31NO7/c1-4-5-6-18-39-25-16-12-21(13-17-25)28(33)26-27(20-10-14-24(37-2)15-11-20)32(30(35)29(26)34)23-9-7-8-22(19-23)31(36)38-3/h7-17,19,27,33H,4-6,18H2,1-3H3/b28-26+. The minimum absolute atomic E-state index is 0.0646. The maximum Gasteiger partial charge on any atom is 0.337 e. The summed E-state index contributed by atoms with van der Waals surface area (Å²) in [7, 11) is 2.80. The fraction of sp³-hybridized carbons (Fsp3) is 0.258. The number of carbonyl (C=O) groups is 3. The van der Waals surface area contributed by atoms with Crippen LogP contribution in [0.2, 0.25) is 0 Å². The highest BCUT2D eigenvalue weighted by molar-refractivity contribution is 6.51. The first kappa shape index (κ1) is 27.4. The Hall–Kier alpha value is -4.59. The average molecular weight is 530 g/mol. The van der Waals surface area contributed by atoms with E-state index in [4.69, 9.17) is 14.2 Å². The van der Waals surface area contributed by atoms with Crippen LogP contribution in [0.4, 0.5) is 5.69 Å². The number of hydrogen-bond acceptors (Lipinski definition) is 7. The molecule has 1 saturated heterocycles. The second-order valence-corrected chi connectivity index (χ2v) is 9.06. The molecule has 39 heavy (non-hydrogen) atoms. The van der Waals surface area contributed by atoms with E-state index in [-0.39, 0.29) is 16.9 Å². The normalized spacial score (nSPS) is 16.3. The number of esters is 1. The van der Waals surface area contributed by atoms with Crippen molar-refractivity contribution in [3.63, 3.8) is 0 Å². The van der Waals surface area contributed by atoms with Crippen LogP contribution in [0, 0.1) is 0 Å². The van der Waals surface area contributed by atoms with Gasteiger partial charge in [-0.1, -0.05) is 38.0 Å². The van der Waals surface area contributed by atoms with Crippen LogP contribution in [0.15, 0.2) is 78.4 Å². The highest BCUT2D eigenvalue weighted by Crippen LogP contribution is 2.42. The third-order valence-electron chi connectivity index (χ3n) is 6.57. The molecule has 4 rings (SSSR count). The fourth-order valence-electron chi connectivity index (χ4n) is 4.51. The number of carbonyl (C=O) groups excluding carboxylic acids is 3. The fourth-order valence-corrected chi connectivity index (χ4v) is 4.51. The van der Waals surface area contributed by atoms with Crippen molar-refractivity contribution in [2.75, 3.05) is 25.7 Å². The molecule has 0 bridgehead atoms. The number of unbranched alkanes of at least 4 members (excludes halogenated alkanes) is 2. The molecule has 0 aromatic heterocycles. The van der Waals surface area contributed by atoms with Crippen molar-refractivity contribution >= 4 is 29.1 Å². The van der Waals surface area contributed by atoms with E-state index in [0.29, 0.717) is 34.9 Å². The van der Waals surface area contributed by atoms with Crippen molar-refractivity contribution in [2.24, 2.45) is 0 Å². The number of aliphatic hydroxyl groups excluding tert-OH is 1. The monoisotopic (exact) mass is 529 g/mol. The summed E-state index contributed by atoms with van der Waals surface area (Å²) < 4.78 is 15.8. The summed E-state index contributed by atoms with van der Waals surface area (Å²) in [6.45, 7) is 2.71. The van der Waals surface area contributed by atoms with Crippen LogP contribution in [0.5, 0.6) is 11.5 Å². The Labute approximate surface area is 227 Å². The lowest BCUT2D eigenvalue weighted by Crippen LogP contribution is -2.29. The van der Waals surface area contributed by atoms with Crippen molar-refractivity contribution in [3.8, 4) is 11.5 Å². The van der Waals surface area contributed by atoms with Crippen LogP contribution in [0.25, 0.3) is 5.76 Å². The van der Waals surface area contributed by atoms with Gasteiger partial charge in [0.15, 0.2) is 0 Å². The topological polar surface area (TPSA) is 102 Å². The molecule has 1 heterocycles. The Balaban J connectivity index is 1.78. The van der Waals surface area contributed by atoms with Crippen molar-refractivity contribution in [1.82, 2.24) is 0 Å². The molecule has 3 aromatic rings. The van der Waals surface area contributed by atoms with Gasteiger partial charge in [0.1, 0.15) is 17.3 Å². The first-order chi connectivity index (χ1) is 18.9. The molecular weight excluding hydrogens is 498 g/mol. The number of benzene rings is 3. The highest BCUT2D eigenvalue weighted by atomic mass is 16.5. The SMILES string of the molecule is CCCCCOc1ccc(/C(O)=C2\C(=O)C(=O)N(c3cccc(C(=O)OC)c3)C2c2ccc(OC)cc2)cc1. The molecule has 0 radical (unpaired) electrons. The molecule has 1 amide bonds. The first-order valence-corrected chi connectivity index (χ1v) is 12.8. The van der Waals surface area contributed by atoms with Gasteiger partial charge in [-0.05, 0) is 66.6 Å². The summed E-state index contributed by atoms with van der Waals surface area (Å²) in [6.07, 6.45) is 3.11. The number of methoxy groups -OCH3 is 2. The van der Waals surface area contributed by atoms with Crippen molar-refractivity contribution in [3.05, 3.63) is 95.1 Å². The molecule has 1 unspecified atom stereocenters. The van der Waals surface area contributed by atoms with Gasteiger partial charge in [0.2, 0.25) is 0 Å². The summed E-state index contributed by atoms with van der Waals surface area (Å²) in [4.78, 5) is 40.3. The number of hydrogen-bond donors (Lipinski definition) is 1. The van der Waals surface area contributed by atoms with E-state index >= 15 is 0 Å². The zero-order valence-corrected chi connectivity index (χ0v) is 22.2. The summed E-state index contributed by atoms with van der Waals surface area (Å²) >= 11 is 0. The quantitative estimate of drug-likeness (QED) is 0.119. The predicted molar refractivity (Wildman–Crippen MR) is 147 cm³/mol. The van der Waals surface area contributed by atoms with Crippen molar-refractivity contribution in [1.29, 1.82) is 0 Å². The third kappa shape index (κ3) is 5.80. The van der Waals surface area contributed by atoms with Crippen LogP contribution in [-0.4, -0.2) is 43.6 Å². The molecule has 0 saturated carbocycles. The van der Waals surface area contributed by atoms with Crippen LogP contribution in [0.1, 0.15) is 53.7 Å². The van der Waals surface area contributed by atoms with Gasteiger partial charge in [-0.2, -0.15) is 0 Å². The Morgan fingerprint density at radius 1 is 0.897 bits per heavy atom. The zero-order valence-electron chi connectivity index (χ0n) is 22.2. The van der Waals surface area contributed by atoms with Crippen LogP contribution in [0.3, 0.4) is 0 Å². The molecule has 1 N–H and O–H groups in total. The van der Waals surface area contributed by atoms with E-state index in [9.17, 15) is 19.5 Å². The lowest BCUT2D eigenvalue weighted by atomic mass is 9.95. The van der Waals surface area contributed by atoms with E-state index < -0.39 is 23.7 Å². The Morgan fingerprint density at radius 3 is 2.23 bits per heavy atom. The summed E-state index contributed by atoms with van der Waals surface area (Å²) in [6, 6.07) is 19.0. The second-order valence-electron chi connectivity index (χ2n) is 9.06. The van der Waals surface area contributed by atoms with Gasteiger partial charge in [-0.25, -0.2) is 4.79 Å². The van der Waals surface area contributed by atoms with Crippen LogP contribution >= 0.6 is 0 Å². The number of ether oxygens (including phenoxy) is 3. The van der Waals surface area contributed by atoms with E-state index in [1.54, 1.807) is 66.7 Å². The Morgan fingerprint density at radius 2 is 1.59 bits per heavy atom. The van der Waals surface area contributed by atoms with E-state index in [1.165, 1.54) is 25.2 Å². The molecule has 1 atom stereocenters. The second kappa shape index (κ2) is 12.3. The Kier molecular flexibility index (Phi) is 8.66. The molecule has 0 spiro atoms. The van der Waals surface area contributed by atoms with Crippen LogP contribution < -0.4 is 14.4 Å². The average Bonchev–Trinajstić information content (AvgIpc) is 3.24. The number of Topliss-reactive ketones (excluding diaryl/α,β-unsaturated/α-hetero) is 1. The van der Waals surface area contributed by atoms with Gasteiger partial charge in [0.05, 0.1) is 38.0 Å². The number of ketones is 1. The maximum atomic E-state index is 13.4. The number of amides is 1. The smallest absolute Gasteiger partial charge is 0.337 e. The molecule has 3 aromatic carbocycles. The third-order valence-corrected chi connectivity index (χ3v) is 6.57. The largest absolute Gasteiger partial charge is 0.507 e. The number of nitrogens with zero attached hydrogens (tertiary/aromatic N) is 1. The molecule has 1 aliphatic heterocycles. The number of aliphatic hydroxyl groups is 1. The molecule has 8 heteroatoms. The lowest BCUT2D eigenvalue weighted by Gasteiger charge is -2.26. The van der Waals surface area contributed by atoms with E-state index in [0.717, 1.165) is 19.3 Å². The highest BCUT2D eigenvalue weighted by Gasteiger charge is 2.47. The van der Waals surface area contributed by atoms with Crippen molar-refractivity contribution < 1.29 is 33.7 Å². The summed E-state index contributed by atoms with van der Waals surface area (Å²) in [5.74, 6) is -1.30. The molecule has 0 aliphatic carbocycles. The Bertz CT molecular complexity index is 1380. The van der Waals surface area contributed by atoms with E-state index in [1.807, 2.05) is 0 Å². The van der Waals surface area contributed by atoms with Gasteiger partial charge in [0.25, 0.3) is 11.7 Å². The molecular formula is C31H31NO7. The number of rotatable bonds is 10. The molecule has 1 aliphatic rings. The lowest BCUT2D eigenvalue weighted by molar-refractivity contribution is -0.132. The minimum Gasteiger partial charge on any atom is -0.507 e. The summed E-state index contributed by atoms with van der Waals surface area (Å²) in [5.41, 5.74) is 1.42. The predicted octanol–water partition coefficient (Wildman–Crippen LogP) is 5.68. The minimum atomic E-state index is -0.950. The van der Waals surface area contributed by atoms with Gasteiger partial charge in [0, 0.05) is 11.3 Å². The van der Waals surface area contributed by atoms with Gasteiger partial charge >= 0.3 is 5.97 Å². The zero-order chi connectivity index (χ0) is 27.9.